The highest BCUT2D eigenvalue weighted by Crippen LogP contribution is 2.36. The summed E-state index contributed by atoms with van der Waals surface area (Å²) >= 11 is 6.48. The van der Waals surface area contributed by atoms with E-state index in [-0.39, 0.29) is 0 Å². The Bertz CT molecular complexity index is 1090. The van der Waals surface area contributed by atoms with Crippen LogP contribution < -0.4 is 5.32 Å². The smallest absolute Gasteiger partial charge is 0.143 e. The molecule has 2 heterocycles. The van der Waals surface area contributed by atoms with Crippen LogP contribution in [0.4, 0.5) is 11.5 Å². The van der Waals surface area contributed by atoms with Gasteiger partial charge in [0.15, 0.2) is 0 Å². The highest BCUT2D eigenvalue weighted by molar-refractivity contribution is 6.33. The number of hydrogen-bond donors (Lipinski definition) is 1. The minimum absolute atomic E-state index is 0.692. The second kappa shape index (κ2) is 6.50. The largest absolute Gasteiger partial charge is 0.339 e. The normalized spacial score (nSPS) is 11.1. The summed E-state index contributed by atoms with van der Waals surface area (Å²) in [7, 11) is 0. The van der Waals surface area contributed by atoms with Crippen molar-refractivity contribution in [3.63, 3.8) is 0 Å². The first-order valence-corrected chi connectivity index (χ1v) is 8.99. The molecule has 4 heteroatoms. The number of aromatic nitrogens is 2. The molecule has 130 valence electrons. The molecule has 3 nitrogen and oxygen atoms in total. The first-order valence-electron chi connectivity index (χ1n) is 8.61. The average molecular weight is 362 g/mol. The number of pyridine rings is 1. The van der Waals surface area contributed by atoms with Crippen molar-refractivity contribution >= 4 is 28.8 Å². The third kappa shape index (κ3) is 2.85. The van der Waals surface area contributed by atoms with Gasteiger partial charge in [0.2, 0.25) is 0 Å². The summed E-state index contributed by atoms with van der Waals surface area (Å²) in [6, 6.07) is 18.2. The molecule has 0 aliphatic rings. The van der Waals surface area contributed by atoms with Crippen LogP contribution in [-0.2, 0) is 0 Å². The first-order chi connectivity index (χ1) is 12.5. The molecule has 2 aromatic carbocycles. The van der Waals surface area contributed by atoms with E-state index in [0.29, 0.717) is 5.02 Å². The van der Waals surface area contributed by atoms with Gasteiger partial charge in [-0.2, -0.15) is 0 Å². The maximum atomic E-state index is 6.48. The third-order valence-electron chi connectivity index (χ3n) is 4.62. The molecule has 0 bridgehead atoms. The van der Waals surface area contributed by atoms with Gasteiger partial charge in [0.05, 0.1) is 5.02 Å². The maximum Gasteiger partial charge on any atom is 0.143 e. The highest BCUT2D eigenvalue weighted by Gasteiger charge is 2.17. The van der Waals surface area contributed by atoms with Gasteiger partial charge < -0.3 is 5.32 Å². The van der Waals surface area contributed by atoms with Crippen LogP contribution in [0, 0.1) is 20.8 Å². The molecule has 0 radical (unpaired) electrons. The summed E-state index contributed by atoms with van der Waals surface area (Å²) in [5.41, 5.74) is 7.32. The number of aryl methyl sites for hydroxylation is 3. The van der Waals surface area contributed by atoms with Gasteiger partial charge in [-0.3, -0.25) is 4.40 Å². The van der Waals surface area contributed by atoms with Gasteiger partial charge >= 0.3 is 0 Å². The molecule has 0 spiro atoms. The Labute approximate surface area is 158 Å². The van der Waals surface area contributed by atoms with Crippen LogP contribution in [0.5, 0.6) is 0 Å². The fourth-order valence-electron chi connectivity index (χ4n) is 3.24. The Morgan fingerprint density at radius 1 is 0.885 bits per heavy atom. The van der Waals surface area contributed by atoms with Crippen molar-refractivity contribution in [2.45, 2.75) is 20.8 Å². The topological polar surface area (TPSA) is 29.3 Å². The van der Waals surface area contributed by atoms with Crippen molar-refractivity contribution < 1.29 is 0 Å². The fourth-order valence-corrected chi connectivity index (χ4v) is 3.47. The second-order valence-electron chi connectivity index (χ2n) is 6.62. The molecule has 0 amide bonds. The van der Waals surface area contributed by atoms with Crippen molar-refractivity contribution in [1.82, 2.24) is 9.38 Å². The van der Waals surface area contributed by atoms with Gasteiger partial charge in [0.25, 0.3) is 0 Å². The number of anilines is 2. The number of imidazole rings is 1. The molecule has 0 fully saturated rings. The number of halogens is 1. The lowest BCUT2D eigenvalue weighted by atomic mass is 10.1. The lowest BCUT2D eigenvalue weighted by molar-refractivity contribution is 1.15. The molecule has 0 aliphatic heterocycles. The summed E-state index contributed by atoms with van der Waals surface area (Å²) in [6.45, 7) is 6.30. The molecule has 0 aliphatic carbocycles. The lowest BCUT2D eigenvalue weighted by Crippen LogP contribution is -2.01. The van der Waals surface area contributed by atoms with Gasteiger partial charge in [-0.25, -0.2) is 4.98 Å². The predicted molar refractivity (Wildman–Crippen MR) is 110 cm³/mol. The van der Waals surface area contributed by atoms with Crippen LogP contribution >= 0.6 is 11.6 Å². The van der Waals surface area contributed by atoms with E-state index < -0.39 is 0 Å². The molecule has 0 unspecified atom stereocenters. The summed E-state index contributed by atoms with van der Waals surface area (Å²) in [5, 5.41) is 4.32. The number of para-hydroxylation sites is 1. The van der Waals surface area contributed by atoms with E-state index in [4.69, 9.17) is 16.6 Å². The fraction of sp³-hybridized carbons (Fsp3) is 0.136. The van der Waals surface area contributed by atoms with E-state index in [1.165, 1.54) is 16.7 Å². The standard InChI is InChI=1S/C22H20ClN3/c1-14-11-12-19-24-21(17-9-4-5-10-18(17)23)22(26(19)13-14)25-20-15(2)7-6-8-16(20)3/h4-13,25H,1-3H3. The van der Waals surface area contributed by atoms with Crippen LogP contribution in [0.15, 0.2) is 60.8 Å². The monoisotopic (exact) mass is 361 g/mol. The Morgan fingerprint density at radius 3 is 2.35 bits per heavy atom. The SMILES string of the molecule is Cc1ccc2nc(-c3ccccc3Cl)c(Nc3c(C)cccc3C)n2c1. The molecule has 26 heavy (non-hydrogen) atoms. The van der Waals surface area contributed by atoms with Gasteiger partial charge in [-0.05, 0) is 49.6 Å². The molecule has 4 aromatic rings. The number of nitrogens with one attached hydrogen (secondary N) is 1. The number of benzene rings is 2. The van der Waals surface area contributed by atoms with Crippen molar-refractivity contribution in [3.8, 4) is 11.3 Å². The number of hydrogen-bond acceptors (Lipinski definition) is 2. The highest BCUT2D eigenvalue weighted by atomic mass is 35.5. The number of rotatable bonds is 3. The van der Waals surface area contributed by atoms with Crippen LogP contribution in [0.3, 0.4) is 0 Å². The molecular weight excluding hydrogens is 342 g/mol. The minimum atomic E-state index is 0.692. The van der Waals surface area contributed by atoms with E-state index in [1.807, 2.05) is 30.3 Å². The number of nitrogens with zero attached hydrogens (tertiary/aromatic N) is 2. The van der Waals surface area contributed by atoms with Crippen molar-refractivity contribution in [2.75, 3.05) is 5.32 Å². The average Bonchev–Trinajstić information content (AvgIpc) is 2.96. The van der Waals surface area contributed by atoms with Crippen LogP contribution in [0.1, 0.15) is 16.7 Å². The predicted octanol–water partition coefficient (Wildman–Crippen LogP) is 6.32. The van der Waals surface area contributed by atoms with E-state index in [2.05, 4.69) is 61.0 Å². The van der Waals surface area contributed by atoms with Crippen molar-refractivity contribution in [2.24, 2.45) is 0 Å². The Balaban J connectivity index is 1.98. The quantitative estimate of drug-likeness (QED) is 0.462. The third-order valence-corrected chi connectivity index (χ3v) is 4.95. The van der Waals surface area contributed by atoms with E-state index in [0.717, 1.165) is 28.4 Å². The molecule has 0 saturated heterocycles. The van der Waals surface area contributed by atoms with Crippen LogP contribution in [-0.4, -0.2) is 9.38 Å². The summed E-state index contributed by atoms with van der Waals surface area (Å²) in [5.74, 6) is 0.925. The minimum Gasteiger partial charge on any atom is -0.339 e. The van der Waals surface area contributed by atoms with Crippen molar-refractivity contribution in [3.05, 3.63) is 82.5 Å². The second-order valence-corrected chi connectivity index (χ2v) is 7.02. The van der Waals surface area contributed by atoms with Crippen LogP contribution in [0.2, 0.25) is 5.02 Å². The van der Waals surface area contributed by atoms with Crippen LogP contribution in [0.25, 0.3) is 16.9 Å². The Morgan fingerprint density at radius 2 is 1.62 bits per heavy atom. The summed E-state index contributed by atoms with van der Waals surface area (Å²) < 4.78 is 2.10. The van der Waals surface area contributed by atoms with Gasteiger partial charge in [-0.15, -0.1) is 0 Å². The molecule has 2 aromatic heterocycles. The molecule has 1 N–H and O–H groups in total. The van der Waals surface area contributed by atoms with E-state index in [9.17, 15) is 0 Å². The molecule has 0 saturated carbocycles. The zero-order chi connectivity index (χ0) is 18.3. The van der Waals surface area contributed by atoms with Gasteiger partial charge in [0, 0.05) is 17.4 Å². The molecular formula is C22H20ClN3. The summed E-state index contributed by atoms with van der Waals surface area (Å²) in [4.78, 5) is 4.86. The van der Waals surface area contributed by atoms with E-state index >= 15 is 0 Å². The molecule has 4 rings (SSSR count). The zero-order valence-corrected chi connectivity index (χ0v) is 15.8. The Kier molecular flexibility index (Phi) is 4.17. The van der Waals surface area contributed by atoms with E-state index in [1.54, 1.807) is 0 Å². The lowest BCUT2D eigenvalue weighted by Gasteiger charge is -2.14. The summed E-state index contributed by atoms with van der Waals surface area (Å²) in [6.07, 6.45) is 2.10. The van der Waals surface area contributed by atoms with Crippen molar-refractivity contribution in [1.29, 1.82) is 0 Å². The van der Waals surface area contributed by atoms with Gasteiger partial charge in [-0.1, -0.05) is 54.1 Å². The molecule has 0 atom stereocenters. The van der Waals surface area contributed by atoms with Gasteiger partial charge in [0.1, 0.15) is 17.2 Å². The first kappa shape index (κ1) is 16.7. The zero-order valence-electron chi connectivity index (χ0n) is 15.0. The maximum absolute atomic E-state index is 6.48. The number of fused-ring (bicyclic) bond motifs is 1. The Hall–Kier alpha value is -2.78.